The maximum absolute atomic E-state index is 12.0. The number of aryl methyl sites for hydroxylation is 1. The largest absolute Gasteiger partial charge is 0.484 e. The van der Waals surface area contributed by atoms with E-state index < -0.39 is 17.8 Å². The number of amides is 2. The summed E-state index contributed by atoms with van der Waals surface area (Å²) in [5, 5.41) is 14.7. The monoisotopic (exact) mass is 376 g/mol. The molecule has 1 heterocycles. The number of carboxylic acid groups (broad SMARTS) is 1. The molecule has 138 valence electrons. The lowest BCUT2D eigenvalue weighted by molar-refractivity contribution is -0.125. The average molecular weight is 376 g/mol. The summed E-state index contributed by atoms with van der Waals surface area (Å²) < 4.78 is 5.28. The van der Waals surface area contributed by atoms with Gasteiger partial charge in [-0.15, -0.1) is 11.3 Å². The molecule has 8 heteroatoms. The van der Waals surface area contributed by atoms with E-state index in [1.807, 2.05) is 19.9 Å². The number of para-hydroxylation sites is 1. The fourth-order valence-corrected chi connectivity index (χ4v) is 3.54. The van der Waals surface area contributed by atoms with Gasteiger partial charge in [0.25, 0.3) is 5.91 Å². The lowest BCUT2D eigenvalue weighted by Crippen LogP contribution is -2.35. The minimum absolute atomic E-state index is 0.113. The van der Waals surface area contributed by atoms with E-state index in [1.165, 1.54) is 11.3 Å². The molecule has 1 aromatic heterocycles. The number of aromatic carboxylic acids is 1. The van der Waals surface area contributed by atoms with Gasteiger partial charge in [0.15, 0.2) is 6.61 Å². The highest BCUT2D eigenvalue weighted by molar-refractivity contribution is 7.16. The summed E-state index contributed by atoms with van der Waals surface area (Å²) in [6.07, 6.45) is 0.563. The highest BCUT2D eigenvalue weighted by atomic mass is 32.1. The van der Waals surface area contributed by atoms with Crippen LogP contribution in [0.25, 0.3) is 0 Å². The molecule has 0 radical (unpaired) electrons. The summed E-state index contributed by atoms with van der Waals surface area (Å²) in [6.45, 7) is 3.19. The van der Waals surface area contributed by atoms with Crippen LogP contribution in [0.2, 0.25) is 0 Å². The van der Waals surface area contributed by atoms with Crippen LogP contribution in [0, 0.1) is 6.92 Å². The molecule has 0 fully saturated rings. The van der Waals surface area contributed by atoms with Crippen molar-refractivity contribution in [2.75, 3.05) is 18.5 Å². The van der Waals surface area contributed by atoms with Crippen LogP contribution in [0.3, 0.4) is 0 Å². The summed E-state index contributed by atoms with van der Waals surface area (Å²) in [7, 11) is 0. The number of nitrogens with one attached hydrogen (secondary N) is 2. The van der Waals surface area contributed by atoms with Gasteiger partial charge in [0.05, 0.1) is 12.1 Å². The van der Waals surface area contributed by atoms with Gasteiger partial charge in [-0.1, -0.05) is 25.1 Å². The number of benzene rings is 1. The SMILES string of the molecule is CCc1c(C)sc(NC(=O)CNC(=O)COc2ccccc2)c1C(=O)O. The van der Waals surface area contributed by atoms with Gasteiger partial charge in [-0.3, -0.25) is 9.59 Å². The second-order valence-electron chi connectivity index (χ2n) is 5.43. The Bertz CT molecular complexity index is 801. The molecule has 0 atom stereocenters. The van der Waals surface area contributed by atoms with Gasteiger partial charge in [0, 0.05) is 4.88 Å². The molecule has 0 saturated heterocycles. The van der Waals surface area contributed by atoms with Gasteiger partial charge >= 0.3 is 5.97 Å². The van der Waals surface area contributed by atoms with E-state index in [0.29, 0.717) is 17.7 Å². The average Bonchev–Trinajstić information content (AvgIpc) is 2.94. The first-order valence-electron chi connectivity index (χ1n) is 8.02. The second kappa shape index (κ2) is 9.00. The highest BCUT2D eigenvalue weighted by Gasteiger charge is 2.21. The molecule has 0 aliphatic rings. The predicted molar refractivity (Wildman–Crippen MR) is 99.0 cm³/mol. The first-order valence-corrected chi connectivity index (χ1v) is 8.84. The Morgan fingerprint density at radius 3 is 2.46 bits per heavy atom. The summed E-state index contributed by atoms with van der Waals surface area (Å²) in [5.74, 6) is -1.47. The van der Waals surface area contributed by atoms with Crippen LogP contribution in [-0.4, -0.2) is 36.0 Å². The zero-order valence-electron chi connectivity index (χ0n) is 14.5. The molecule has 1 aromatic carbocycles. The Labute approximate surface area is 155 Å². The van der Waals surface area contributed by atoms with Crippen LogP contribution in [0.5, 0.6) is 5.75 Å². The number of ether oxygens (including phenoxy) is 1. The third-order valence-corrected chi connectivity index (χ3v) is 4.65. The first-order chi connectivity index (χ1) is 12.4. The van der Waals surface area contributed by atoms with E-state index in [2.05, 4.69) is 10.6 Å². The fourth-order valence-electron chi connectivity index (χ4n) is 2.39. The van der Waals surface area contributed by atoms with Crippen molar-refractivity contribution in [1.29, 1.82) is 0 Å². The summed E-state index contributed by atoms with van der Waals surface area (Å²) >= 11 is 1.21. The fraction of sp³-hybridized carbons (Fsp3) is 0.278. The Kier molecular flexibility index (Phi) is 6.74. The zero-order chi connectivity index (χ0) is 19.1. The van der Waals surface area contributed by atoms with Crippen LogP contribution in [0.1, 0.15) is 27.7 Å². The summed E-state index contributed by atoms with van der Waals surface area (Å²) in [4.78, 5) is 36.1. The molecule has 7 nitrogen and oxygen atoms in total. The topological polar surface area (TPSA) is 105 Å². The highest BCUT2D eigenvalue weighted by Crippen LogP contribution is 2.33. The molecule has 0 bridgehead atoms. The molecule has 0 aliphatic carbocycles. The molecule has 0 saturated carbocycles. The van der Waals surface area contributed by atoms with Crippen molar-refractivity contribution in [3.05, 3.63) is 46.3 Å². The Morgan fingerprint density at radius 2 is 1.85 bits per heavy atom. The van der Waals surface area contributed by atoms with E-state index in [4.69, 9.17) is 4.74 Å². The Morgan fingerprint density at radius 1 is 1.15 bits per heavy atom. The van der Waals surface area contributed by atoms with Gasteiger partial charge in [-0.25, -0.2) is 4.79 Å². The minimum Gasteiger partial charge on any atom is -0.484 e. The van der Waals surface area contributed by atoms with Crippen molar-refractivity contribution in [2.45, 2.75) is 20.3 Å². The number of carbonyl (C=O) groups is 3. The van der Waals surface area contributed by atoms with Crippen molar-refractivity contribution in [3.63, 3.8) is 0 Å². The molecule has 2 amide bonds. The van der Waals surface area contributed by atoms with Crippen molar-refractivity contribution in [3.8, 4) is 5.75 Å². The molecule has 0 unspecified atom stereocenters. The van der Waals surface area contributed by atoms with Crippen molar-refractivity contribution in [2.24, 2.45) is 0 Å². The predicted octanol–water partition coefficient (Wildman–Crippen LogP) is 2.45. The molecule has 26 heavy (non-hydrogen) atoms. The van der Waals surface area contributed by atoms with Crippen LogP contribution in [0.4, 0.5) is 5.00 Å². The Hall–Kier alpha value is -2.87. The van der Waals surface area contributed by atoms with Gasteiger partial charge < -0.3 is 20.5 Å². The van der Waals surface area contributed by atoms with Gasteiger partial charge in [0.1, 0.15) is 10.8 Å². The standard InChI is InChI=1S/C18H20N2O5S/c1-3-13-11(2)26-17(16(13)18(23)24)20-14(21)9-19-15(22)10-25-12-7-5-4-6-8-12/h4-8H,3,9-10H2,1-2H3,(H,19,22)(H,20,21)(H,23,24). The van der Waals surface area contributed by atoms with Crippen LogP contribution in [0.15, 0.2) is 30.3 Å². The smallest absolute Gasteiger partial charge is 0.339 e. The van der Waals surface area contributed by atoms with E-state index in [0.717, 1.165) is 4.88 Å². The van der Waals surface area contributed by atoms with Crippen LogP contribution in [-0.2, 0) is 16.0 Å². The number of carboxylic acids is 1. The molecular weight excluding hydrogens is 356 g/mol. The third-order valence-electron chi connectivity index (χ3n) is 3.59. The van der Waals surface area contributed by atoms with Crippen LogP contribution >= 0.6 is 11.3 Å². The summed E-state index contributed by atoms with van der Waals surface area (Å²) in [6, 6.07) is 8.84. The number of hydrogen-bond acceptors (Lipinski definition) is 5. The first kappa shape index (κ1) is 19.5. The van der Waals surface area contributed by atoms with Gasteiger partial charge in [-0.2, -0.15) is 0 Å². The van der Waals surface area contributed by atoms with Crippen molar-refractivity contribution < 1.29 is 24.2 Å². The number of rotatable bonds is 8. The maximum atomic E-state index is 12.0. The van der Waals surface area contributed by atoms with E-state index in [1.54, 1.807) is 24.3 Å². The second-order valence-corrected chi connectivity index (χ2v) is 6.65. The molecule has 2 rings (SSSR count). The lowest BCUT2D eigenvalue weighted by atomic mass is 10.1. The van der Waals surface area contributed by atoms with E-state index in [9.17, 15) is 19.5 Å². The van der Waals surface area contributed by atoms with Crippen molar-refractivity contribution >= 4 is 34.1 Å². The number of hydrogen-bond donors (Lipinski definition) is 3. The third kappa shape index (κ3) is 5.06. The molecule has 2 aromatic rings. The number of thiophene rings is 1. The molecular formula is C18H20N2O5S. The molecule has 0 spiro atoms. The lowest BCUT2D eigenvalue weighted by Gasteiger charge is -2.08. The van der Waals surface area contributed by atoms with Crippen molar-refractivity contribution in [1.82, 2.24) is 5.32 Å². The molecule has 0 aliphatic heterocycles. The van der Waals surface area contributed by atoms with E-state index in [-0.39, 0.29) is 23.7 Å². The Balaban J connectivity index is 1.87. The molecule has 3 N–H and O–H groups in total. The number of anilines is 1. The normalized spacial score (nSPS) is 10.2. The van der Waals surface area contributed by atoms with Gasteiger partial charge in [0.2, 0.25) is 5.91 Å². The van der Waals surface area contributed by atoms with Crippen LogP contribution < -0.4 is 15.4 Å². The summed E-state index contributed by atoms with van der Waals surface area (Å²) in [5.41, 5.74) is 0.820. The van der Waals surface area contributed by atoms with E-state index >= 15 is 0 Å². The number of carbonyl (C=O) groups excluding carboxylic acids is 2. The quantitative estimate of drug-likeness (QED) is 0.656. The maximum Gasteiger partial charge on any atom is 0.339 e. The zero-order valence-corrected chi connectivity index (χ0v) is 15.3. The minimum atomic E-state index is -1.08. The van der Waals surface area contributed by atoms with Gasteiger partial charge in [-0.05, 0) is 31.0 Å².